The van der Waals surface area contributed by atoms with Gasteiger partial charge in [0.1, 0.15) is 19.3 Å². The molecule has 626 valence electrons. The van der Waals surface area contributed by atoms with Crippen LogP contribution in [0.4, 0.5) is 0 Å². The van der Waals surface area contributed by atoms with E-state index in [1.807, 2.05) is 0 Å². The second-order valence-electron chi connectivity index (χ2n) is 27.6. The maximum absolute atomic E-state index is 13.1. The SMILES string of the molecule is CC/C=C\C/C=C\C/C=C\C/C=C\C/C=C\CCCCCC(=O)OCC(COP(=O)(O)OCC(O)COP(=O)(O)OCC(COC(=O)CCCCCCCCC/C=C\C/C=C\C/C=C\CC)OC(=O)CCCCCCC/C=C\C/C=C\C/C=C\CC)OC(=O)CCCCCCCC/C=C\C/C=C\C/C=C\CCCCC. The molecule has 3 N–H and O–H groups in total. The summed E-state index contributed by atoms with van der Waals surface area (Å²) in [6.07, 6.45) is 97.4. The number of hydrogen-bond donors (Lipinski definition) is 3. The third-order valence-corrected chi connectivity index (χ3v) is 19.1. The number of aliphatic hydroxyl groups excluding tert-OH is 1. The van der Waals surface area contributed by atoms with Crippen molar-refractivity contribution in [1.82, 2.24) is 0 Å². The Labute approximate surface area is 667 Å². The molecule has 0 aliphatic carbocycles. The average molecular weight is 1580 g/mol. The van der Waals surface area contributed by atoms with Crippen LogP contribution in [0.1, 0.15) is 323 Å². The van der Waals surface area contributed by atoms with Crippen molar-refractivity contribution < 1.29 is 80.2 Å². The third kappa shape index (κ3) is 80.5. The van der Waals surface area contributed by atoms with E-state index in [2.05, 4.69) is 198 Å². The van der Waals surface area contributed by atoms with Crippen molar-refractivity contribution in [3.63, 3.8) is 0 Å². The van der Waals surface area contributed by atoms with Crippen molar-refractivity contribution >= 4 is 39.5 Å². The number of ether oxygens (including phenoxy) is 4. The minimum Gasteiger partial charge on any atom is -0.462 e. The standard InChI is InChI=1S/C91H150O17P2/c1-5-9-13-17-21-25-29-33-37-40-42-45-49-52-56-60-64-68-72-76-89(94)102-82-87(108-91(96)78-74-70-66-62-58-54-50-46-43-41-38-34-30-26-22-18-14-10-6-2)84-106-110(99,100)104-80-85(92)79-103-109(97,98)105-83-86(107-90(95)77-73-69-65-61-57-53-47-36-32-28-24-20-16-12-8-4)81-101-88(93)75-71-67-63-59-55-51-48-44-39-35-31-27-23-19-15-11-7-3/h9,11-13,15-16,21-28,33-39,42-43,45-47,52,56,85-87,92H,5-8,10,14,17-20,29-32,40-41,44,48-51,53-55,57-84H2,1-4H3,(H,97,98)(H,99,100)/b13-9-,15-11-,16-12-,25-21-,26-22-,27-23-,28-24-,37-33-,38-34-,39-35-,45-42-,46-43-,47-36-,56-52-. The van der Waals surface area contributed by atoms with Crippen LogP contribution in [-0.4, -0.2) is 96.7 Å². The summed E-state index contributed by atoms with van der Waals surface area (Å²) in [7, 11) is -10.0. The molecule has 0 saturated heterocycles. The van der Waals surface area contributed by atoms with E-state index in [1.54, 1.807) is 0 Å². The van der Waals surface area contributed by atoms with E-state index in [0.717, 1.165) is 225 Å². The molecule has 17 nitrogen and oxygen atoms in total. The van der Waals surface area contributed by atoms with Crippen molar-refractivity contribution in [3.05, 3.63) is 170 Å². The number of aliphatic hydroxyl groups is 1. The molecule has 0 amide bonds. The van der Waals surface area contributed by atoms with Crippen molar-refractivity contribution in [2.45, 2.75) is 341 Å². The summed E-state index contributed by atoms with van der Waals surface area (Å²) >= 11 is 0. The van der Waals surface area contributed by atoms with Crippen LogP contribution in [0.15, 0.2) is 170 Å². The number of rotatable bonds is 78. The van der Waals surface area contributed by atoms with Gasteiger partial charge in [0.25, 0.3) is 0 Å². The number of esters is 4. The molecule has 5 unspecified atom stereocenters. The molecule has 0 aromatic rings. The quantitative estimate of drug-likeness (QED) is 0.0169. The predicted octanol–water partition coefficient (Wildman–Crippen LogP) is 25.3. The number of phosphoric ester groups is 2. The normalized spacial score (nSPS) is 14.6. The summed E-state index contributed by atoms with van der Waals surface area (Å²) in [6, 6.07) is 0. The molecule has 0 fully saturated rings. The van der Waals surface area contributed by atoms with Gasteiger partial charge >= 0.3 is 39.5 Å². The van der Waals surface area contributed by atoms with Crippen molar-refractivity contribution in [1.29, 1.82) is 0 Å². The zero-order valence-electron chi connectivity index (χ0n) is 68.6. The number of phosphoric acid groups is 2. The number of allylic oxidation sites excluding steroid dienone is 28. The lowest BCUT2D eigenvalue weighted by Gasteiger charge is -2.21. The van der Waals surface area contributed by atoms with Crippen LogP contribution in [0.3, 0.4) is 0 Å². The number of carbonyl (C=O) groups is 4. The van der Waals surface area contributed by atoms with E-state index in [0.29, 0.717) is 25.7 Å². The first kappa shape index (κ1) is 104. The highest BCUT2D eigenvalue weighted by molar-refractivity contribution is 7.47. The Bertz CT molecular complexity index is 2750. The lowest BCUT2D eigenvalue weighted by molar-refractivity contribution is -0.161. The van der Waals surface area contributed by atoms with Gasteiger partial charge in [-0.2, -0.15) is 0 Å². The zero-order chi connectivity index (χ0) is 80.3. The molecular formula is C91H150O17P2. The van der Waals surface area contributed by atoms with Gasteiger partial charge in [-0.15, -0.1) is 0 Å². The highest BCUT2D eigenvalue weighted by Crippen LogP contribution is 2.45. The van der Waals surface area contributed by atoms with Crippen molar-refractivity contribution in [3.8, 4) is 0 Å². The first-order valence-electron chi connectivity index (χ1n) is 42.4. The van der Waals surface area contributed by atoms with Gasteiger partial charge in [0.05, 0.1) is 26.4 Å². The summed E-state index contributed by atoms with van der Waals surface area (Å²) in [5, 5.41) is 10.7. The van der Waals surface area contributed by atoms with E-state index < -0.39 is 97.5 Å². The summed E-state index contributed by atoms with van der Waals surface area (Å²) in [5.74, 6) is -2.26. The largest absolute Gasteiger partial charge is 0.472 e. The first-order valence-corrected chi connectivity index (χ1v) is 45.4. The van der Waals surface area contributed by atoms with Crippen LogP contribution in [0.25, 0.3) is 0 Å². The van der Waals surface area contributed by atoms with Crippen LogP contribution < -0.4 is 0 Å². The van der Waals surface area contributed by atoms with Gasteiger partial charge in [-0.3, -0.25) is 37.3 Å². The Morgan fingerprint density at radius 3 is 0.736 bits per heavy atom. The molecule has 0 aliphatic heterocycles. The predicted molar refractivity (Wildman–Crippen MR) is 454 cm³/mol. The van der Waals surface area contributed by atoms with Crippen LogP contribution in [0.5, 0.6) is 0 Å². The van der Waals surface area contributed by atoms with Crippen LogP contribution >= 0.6 is 15.6 Å². The highest BCUT2D eigenvalue weighted by Gasteiger charge is 2.30. The molecule has 0 saturated carbocycles. The Kier molecular flexibility index (Phi) is 77.3. The Morgan fingerprint density at radius 1 is 0.264 bits per heavy atom. The van der Waals surface area contributed by atoms with E-state index in [9.17, 15) is 43.2 Å². The maximum atomic E-state index is 13.1. The van der Waals surface area contributed by atoms with E-state index in [-0.39, 0.29) is 25.7 Å². The second kappa shape index (κ2) is 81.4. The summed E-state index contributed by atoms with van der Waals surface area (Å²) in [4.78, 5) is 73.3. The molecular weight excluding hydrogens is 1430 g/mol. The molecule has 0 radical (unpaired) electrons. The van der Waals surface area contributed by atoms with Gasteiger partial charge in [-0.25, -0.2) is 9.13 Å². The molecule has 0 aromatic heterocycles. The fourth-order valence-electron chi connectivity index (χ4n) is 10.8. The number of hydrogen-bond acceptors (Lipinski definition) is 15. The maximum Gasteiger partial charge on any atom is 0.472 e. The molecule has 0 spiro atoms. The van der Waals surface area contributed by atoms with Gasteiger partial charge in [-0.1, -0.05) is 294 Å². The lowest BCUT2D eigenvalue weighted by Crippen LogP contribution is -2.30. The summed E-state index contributed by atoms with van der Waals surface area (Å²) in [5.41, 5.74) is 0. The molecule has 0 heterocycles. The van der Waals surface area contributed by atoms with Gasteiger partial charge < -0.3 is 33.8 Å². The van der Waals surface area contributed by atoms with Gasteiger partial charge in [0.15, 0.2) is 12.2 Å². The second-order valence-corrected chi connectivity index (χ2v) is 30.5. The Morgan fingerprint density at radius 2 is 0.473 bits per heavy atom. The Hall–Kier alpha value is -5.58. The monoisotopic (exact) mass is 1580 g/mol. The van der Waals surface area contributed by atoms with Crippen molar-refractivity contribution in [2.24, 2.45) is 0 Å². The van der Waals surface area contributed by atoms with Crippen LogP contribution in [0.2, 0.25) is 0 Å². The van der Waals surface area contributed by atoms with Gasteiger partial charge in [0, 0.05) is 25.7 Å². The number of carbonyl (C=O) groups excluding carboxylic acids is 4. The molecule has 0 aromatic carbocycles. The smallest absolute Gasteiger partial charge is 0.462 e. The first-order chi connectivity index (χ1) is 53.7. The van der Waals surface area contributed by atoms with Crippen LogP contribution in [-0.2, 0) is 65.4 Å². The third-order valence-electron chi connectivity index (χ3n) is 17.2. The molecule has 110 heavy (non-hydrogen) atoms. The van der Waals surface area contributed by atoms with Crippen molar-refractivity contribution in [2.75, 3.05) is 39.6 Å². The van der Waals surface area contributed by atoms with Crippen LogP contribution in [0, 0.1) is 0 Å². The summed E-state index contributed by atoms with van der Waals surface area (Å²) in [6.45, 7) is 4.44. The van der Waals surface area contributed by atoms with E-state index in [4.69, 9.17) is 37.0 Å². The molecule has 0 bridgehead atoms. The minimum absolute atomic E-state index is 0.0666. The minimum atomic E-state index is -5.00. The van der Waals surface area contributed by atoms with E-state index in [1.165, 1.54) is 19.3 Å². The molecule has 0 rings (SSSR count). The molecule has 19 heteroatoms. The fourth-order valence-corrected chi connectivity index (χ4v) is 12.4. The highest BCUT2D eigenvalue weighted by atomic mass is 31.2. The number of unbranched alkanes of at least 4 members (excludes halogenated alkanes) is 24. The average Bonchev–Trinajstić information content (AvgIpc) is 0.900. The van der Waals surface area contributed by atoms with Gasteiger partial charge in [-0.05, 0) is 173 Å². The van der Waals surface area contributed by atoms with Gasteiger partial charge in [0.2, 0.25) is 0 Å². The Balaban J connectivity index is 5.46. The topological polar surface area (TPSA) is 237 Å². The summed E-state index contributed by atoms with van der Waals surface area (Å²) < 4.78 is 68.8. The fraction of sp³-hybridized carbons (Fsp3) is 0.648. The lowest BCUT2D eigenvalue weighted by atomic mass is 10.1. The van der Waals surface area contributed by atoms with E-state index >= 15 is 0 Å². The molecule has 0 aliphatic rings. The molecule has 5 atom stereocenters. The zero-order valence-corrected chi connectivity index (χ0v) is 70.4.